The second-order valence-electron chi connectivity index (χ2n) is 10.0. The van der Waals surface area contributed by atoms with Gasteiger partial charge in [-0.1, -0.05) is 45.0 Å². The number of benzene rings is 1. The minimum absolute atomic E-state index is 0.0827. The van der Waals surface area contributed by atoms with E-state index in [-0.39, 0.29) is 12.2 Å². The molecule has 7 nitrogen and oxygen atoms in total. The van der Waals surface area contributed by atoms with Crippen molar-refractivity contribution in [2.75, 3.05) is 33.6 Å². The van der Waals surface area contributed by atoms with Crippen molar-refractivity contribution in [3.05, 3.63) is 45.9 Å². The Labute approximate surface area is 244 Å². The van der Waals surface area contributed by atoms with Crippen LogP contribution in [0.2, 0.25) is 18.1 Å². The molecule has 226 valence electrons. The van der Waals surface area contributed by atoms with Gasteiger partial charge in [-0.05, 0) is 40.2 Å². The number of nitrogens with zero attached hydrogens (tertiary/aromatic N) is 3. The van der Waals surface area contributed by atoms with Gasteiger partial charge in [0.05, 0.1) is 39.3 Å². The number of alkyl halides is 3. The van der Waals surface area contributed by atoms with Crippen LogP contribution in [0, 0.1) is 5.82 Å². The molecule has 0 aliphatic heterocycles. The Balaban J connectivity index is 2.64. The molecule has 0 saturated carbocycles. The van der Waals surface area contributed by atoms with Crippen molar-refractivity contribution >= 4 is 39.1 Å². The van der Waals surface area contributed by atoms with Gasteiger partial charge in [0.15, 0.2) is 0 Å². The van der Waals surface area contributed by atoms with Gasteiger partial charge in [0.2, 0.25) is 0 Å². The van der Waals surface area contributed by atoms with Crippen molar-refractivity contribution in [2.24, 2.45) is 10.1 Å². The molecule has 0 saturated heterocycles. The Morgan fingerprint density at radius 3 is 2.23 bits per heavy atom. The van der Waals surface area contributed by atoms with Crippen LogP contribution in [0.15, 0.2) is 33.2 Å². The number of aromatic nitrogens is 1. The first-order valence-electron chi connectivity index (χ1n) is 12.9. The van der Waals surface area contributed by atoms with Crippen molar-refractivity contribution in [3.63, 3.8) is 0 Å². The van der Waals surface area contributed by atoms with Crippen molar-refractivity contribution in [1.82, 2.24) is 9.29 Å². The molecule has 2 aromatic rings. The van der Waals surface area contributed by atoms with Crippen LogP contribution in [-0.2, 0) is 22.0 Å². The predicted molar refractivity (Wildman–Crippen MR) is 158 cm³/mol. The highest BCUT2D eigenvalue weighted by Gasteiger charge is 2.40. The average molecular weight is 672 g/mol. The number of rotatable bonds is 13. The summed E-state index contributed by atoms with van der Waals surface area (Å²) in [6.45, 7) is 5.77. The number of hydrogen-bond acceptors (Lipinski definition) is 6. The first-order chi connectivity index (χ1) is 18.5. The van der Waals surface area contributed by atoms with Crippen LogP contribution in [0.3, 0.4) is 0 Å². The molecule has 0 fully saturated rings. The molecule has 0 radical (unpaired) electrons. The molecular weight excluding hydrogens is 632 g/mol. The van der Waals surface area contributed by atoms with E-state index < -0.39 is 47.8 Å². The fraction of sp³-hybridized carbons (Fsp3) is 0.577. The van der Waals surface area contributed by atoms with E-state index >= 15 is 4.39 Å². The molecule has 40 heavy (non-hydrogen) atoms. The highest BCUT2D eigenvalue weighted by Crippen LogP contribution is 2.31. The lowest BCUT2D eigenvalue weighted by molar-refractivity contribution is -0.117. The largest absolute Gasteiger partial charge is 0.497 e. The number of halogens is 5. The Hall–Kier alpha value is -1.74. The first kappa shape index (κ1) is 34.5. The molecule has 0 aliphatic rings. The van der Waals surface area contributed by atoms with Gasteiger partial charge in [-0.25, -0.2) is 22.3 Å². The Morgan fingerprint density at radius 2 is 1.73 bits per heavy atom. The molecule has 1 aromatic carbocycles. The van der Waals surface area contributed by atoms with Gasteiger partial charge in [0, 0.05) is 25.2 Å². The standard InChI is InChI=1S/C26H39BrF4N4O3SSi/c1-8-40(9-2,10-3)21-14-22(27)34-24(23(21)28)25(4,32)17-39(36,33-16-26(29,30)31)35(5)15-18-11-12-19(37-6)13-20(18)38-7/h11-14H,8-10,15-17,32H2,1-7H3. The van der Waals surface area contributed by atoms with Crippen molar-refractivity contribution in [2.45, 2.75) is 64.1 Å². The zero-order valence-electron chi connectivity index (χ0n) is 24.0. The lowest BCUT2D eigenvalue weighted by atomic mass is 10.0. The summed E-state index contributed by atoms with van der Waals surface area (Å²) in [7, 11) is -1.76. The molecule has 2 atom stereocenters. The summed E-state index contributed by atoms with van der Waals surface area (Å²) in [6, 6.07) is 8.96. The minimum Gasteiger partial charge on any atom is -0.497 e. The van der Waals surface area contributed by atoms with Gasteiger partial charge >= 0.3 is 6.18 Å². The normalized spacial score (nSPS) is 15.4. The van der Waals surface area contributed by atoms with Crippen molar-refractivity contribution in [3.8, 4) is 11.5 Å². The molecule has 0 aliphatic carbocycles. The van der Waals surface area contributed by atoms with Gasteiger partial charge in [-0.15, -0.1) is 0 Å². The molecule has 14 heteroatoms. The summed E-state index contributed by atoms with van der Waals surface area (Å²) in [6.07, 6.45) is -4.70. The second-order valence-corrected chi connectivity index (χ2v) is 18.4. The van der Waals surface area contributed by atoms with Gasteiger partial charge in [-0.2, -0.15) is 13.2 Å². The van der Waals surface area contributed by atoms with Crippen LogP contribution in [0.5, 0.6) is 11.5 Å². The maximum absolute atomic E-state index is 16.2. The Bertz CT molecular complexity index is 1290. The van der Waals surface area contributed by atoms with E-state index in [2.05, 4.69) is 25.3 Å². The second kappa shape index (κ2) is 13.5. The number of methoxy groups -OCH3 is 2. The van der Waals surface area contributed by atoms with Gasteiger partial charge in [0.25, 0.3) is 0 Å². The average Bonchev–Trinajstić information content (AvgIpc) is 2.89. The van der Waals surface area contributed by atoms with Gasteiger partial charge in [0.1, 0.15) is 38.4 Å². The molecule has 0 bridgehead atoms. The van der Waals surface area contributed by atoms with Gasteiger partial charge < -0.3 is 15.2 Å². The molecule has 0 amide bonds. The van der Waals surface area contributed by atoms with E-state index in [0.717, 1.165) is 18.1 Å². The summed E-state index contributed by atoms with van der Waals surface area (Å²) >= 11 is 3.37. The maximum Gasteiger partial charge on any atom is 0.408 e. The quantitative estimate of drug-likeness (QED) is 0.161. The van der Waals surface area contributed by atoms with E-state index in [0.29, 0.717) is 26.9 Å². The third-order valence-corrected chi connectivity index (χ3v) is 16.0. The molecular formula is C26H39BrF4N4O3SSi. The van der Waals surface area contributed by atoms with E-state index in [1.54, 1.807) is 24.3 Å². The molecule has 2 unspecified atom stereocenters. The molecule has 1 heterocycles. The monoisotopic (exact) mass is 670 g/mol. The van der Waals surface area contributed by atoms with E-state index in [1.165, 1.54) is 32.5 Å². The van der Waals surface area contributed by atoms with Crippen LogP contribution < -0.4 is 20.4 Å². The maximum atomic E-state index is 16.2. The van der Waals surface area contributed by atoms with Crippen molar-refractivity contribution < 1.29 is 31.2 Å². The van der Waals surface area contributed by atoms with Crippen LogP contribution in [-0.4, -0.2) is 61.3 Å². The van der Waals surface area contributed by atoms with E-state index in [4.69, 9.17) is 15.2 Å². The number of nitrogens with two attached hydrogens (primary N) is 1. The SMILES string of the molecule is CC[Si](CC)(CC)c1cc(Br)nc(C(C)(N)CS(=O)(=NCC(F)(F)F)N(C)Cc2ccc(OC)cc2OC)c1F. The molecule has 2 N–H and O–H groups in total. The molecule has 0 spiro atoms. The number of ether oxygens (including phenoxy) is 2. The summed E-state index contributed by atoms with van der Waals surface area (Å²) in [5.74, 6) is -0.284. The zero-order chi connectivity index (χ0) is 30.5. The first-order valence-corrected chi connectivity index (χ1v) is 17.9. The van der Waals surface area contributed by atoms with E-state index in [9.17, 15) is 17.4 Å². The zero-order valence-corrected chi connectivity index (χ0v) is 27.4. The third-order valence-electron chi connectivity index (χ3n) is 7.38. The topological polar surface area (TPSA) is 90.0 Å². The minimum atomic E-state index is -4.70. The van der Waals surface area contributed by atoms with Gasteiger partial charge in [-0.3, -0.25) is 0 Å². The predicted octanol–water partition coefficient (Wildman–Crippen LogP) is 5.97. The third kappa shape index (κ3) is 7.96. The molecule has 2 rings (SSSR count). The lowest BCUT2D eigenvalue weighted by Gasteiger charge is -2.34. The summed E-state index contributed by atoms with van der Waals surface area (Å²) in [5, 5.41) is 0.545. The van der Waals surface area contributed by atoms with Crippen LogP contribution in [0.1, 0.15) is 39.0 Å². The number of hydrogen-bond donors (Lipinski definition) is 1. The summed E-state index contributed by atoms with van der Waals surface area (Å²) in [5.41, 5.74) is 5.26. The van der Waals surface area contributed by atoms with Crippen LogP contribution >= 0.6 is 15.9 Å². The Kier molecular flexibility index (Phi) is 11.6. The molecule has 1 aromatic heterocycles. The van der Waals surface area contributed by atoms with Crippen molar-refractivity contribution in [1.29, 1.82) is 0 Å². The highest BCUT2D eigenvalue weighted by atomic mass is 79.9. The van der Waals surface area contributed by atoms with E-state index in [1.807, 2.05) is 20.8 Å². The van der Waals surface area contributed by atoms with Crippen LogP contribution in [0.25, 0.3) is 0 Å². The number of pyridine rings is 1. The lowest BCUT2D eigenvalue weighted by Crippen LogP contribution is -2.51. The van der Waals surface area contributed by atoms with Crippen LogP contribution in [0.4, 0.5) is 17.6 Å². The summed E-state index contributed by atoms with van der Waals surface area (Å²) in [4.78, 5) is 4.30. The fourth-order valence-corrected chi connectivity index (χ4v) is 11.2. The fourth-order valence-electron chi connectivity index (χ4n) is 4.79. The smallest absolute Gasteiger partial charge is 0.408 e. The Morgan fingerprint density at radius 1 is 1.12 bits per heavy atom. The highest BCUT2D eigenvalue weighted by molar-refractivity contribution is 9.10. The summed E-state index contributed by atoms with van der Waals surface area (Å²) < 4.78 is 86.1.